The van der Waals surface area contributed by atoms with Crippen LogP contribution in [0.2, 0.25) is 0 Å². The summed E-state index contributed by atoms with van der Waals surface area (Å²) in [5, 5.41) is 0. The van der Waals surface area contributed by atoms with Crippen molar-refractivity contribution in [3.63, 3.8) is 0 Å². The van der Waals surface area contributed by atoms with Gasteiger partial charge in [-0.1, -0.05) is 45.9 Å². The number of hydrogen-bond acceptors (Lipinski definition) is 2. The van der Waals surface area contributed by atoms with Gasteiger partial charge in [-0.15, -0.1) is 0 Å². The van der Waals surface area contributed by atoms with Crippen molar-refractivity contribution in [2.75, 3.05) is 0 Å². The number of hydrogen-bond donors (Lipinski definition) is 0. The molecule has 1 unspecified atom stereocenters. The van der Waals surface area contributed by atoms with E-state index >= 15 is 0 Å². The van der Waals surface area contributed by atoms with E-state index in [1.165, 1.54) is 0 Å². The number of nitrogens with two attached hydrogens (primary N) is 1. The van der Waals surface area contributed by atoms with Crippen LogP contribution in [-0.2, 0) is 22.5 Å². The molecule has 0 aliphatic heterocycles. The molecule has 0 radical (unpaired) electrons. The minimum absolute atomic E-state index is 0. The Bertz CT molecular complexity index is 402. The Hall–Kier alpha value is 0.692. The summed E-state index contributed by atoms with van der Waals surface area (Å²) in [5.74, 6) is 0.466. The molecule has 1 rings (SSSR count). The maximum Gasteiger partial charge on any atom is -0.693 e. The van der Waals surface area contributed by atoms with Gasteiger partial charge in [0.05, 0.1) is 0 Å². The first-order valence-electron chi connectivity index (χ1n) is 5.63. The predicted octanol–water partition coefficient (Wildman–Crippen LogP) is 5.95. The summed E-state index contributed by atoms with van der Waals surface area (Å²) >= 11 is -3.77. The van der Waals surface area contributed by atoms with Crippen LogP contribution in [0.3, 0.4) is 0 Å². The van der Waals surface area contributed by atoms with Gasteiger partial charge in [0.2, 0.25) is 0 Å². The zero-order chi connectivity index (χ0) is 15.2. The summed E-state index contributed by atoms with van der Waals surface area (Å²) in [6, 6.07) is 5.71. The number of halogens is 3. The minimum atomic E-state index is -2.14. The van der Waals surface area contributed by atoms with E-state index in [4.69, 9.17) is 30.1 Å². The van der Waals surface area contributed by atoms with E-state index in [9.17, 15) is 8.76 Å². The fourth-order valence-corrected chi connectivity index (χ4v) is 2.67. The predicted molar refractivity (Wildman–Crippen MR) is 84.6 cm³/mol. The molecule has 0 aliphatic carbocycles. The molecule has 119 valence electrons. The molecule has 20 heavy (non-hydrogen) atoms. The minimum Gasteiger partial charge on any atom is -0.693 e. The fourth-order valence-electron chi connectivity index (χ4n) is 1.68. The fraction of sp³-hybridized carbons (Fsp3) is 0.500. The van der Waals surface area contributed by atoms with Crippen molar-refractivity contribution in [2.45, 2.75) is 44.4 Å². The molecule has 1 aromatic carbocycles. The van der Waals surface area contributed by atoms with E-state index in [1.807, 2.05) is 45.9 Å². The third-order valence-corrected chi connectivity index (χ3v) is 3.29. The molecule has 8 heteroatoms. The molecule has 1 atom stereocenters. The zero-order valence-electron chi connectivity index (χ0n) is 11.7. The Morgan fingerprint density at radius 2 is 1.35 bits per heavy atom. The summed E-state index contributed by atoms with van der Waals surface area (Å²) in [6.45, 7) is 8.04. The first-order chi connectivity index (χ1) is 8.68. The van der Waals surface area contributed by atoms with E-state index in [0.717, 1.165) is 11.1 Å². The Balaban J connectivity index is 0. The van der Waals surface area contributed by atoms with Crippen LogP contribution in [0, 0.1) is 0 Å². The SMILES string of the molecule is CC(C)c1cccc(C(C)C)c1S(=O)[O-].[Cl][Cr]([Cl])[Cl].[NH2-]. The van der Waals surface area contributed by atoms with Crippen LogP contribution >= 0.6 is 30.1 Å². The average molecular weight is 400 g/mol. The molecular weight excluding hydrogens is 381 g/mol. The standard InChI is InChI=1S/C12H18O2S.3ClH.Cr.H2N/c1-8(2)10-6-5-7-11(9(3)4)12(10)15(13)14;;;;;/h5-9H,1-4H3,(H,13,14);3*1H;;1H2/q;;;;+3;-1/p-4. The van der Waals surface area contributed by atoms with Gasteiger partial charge in [-0.2, -0.15) is 0 Å². The molecule has 1 aromatic rings. The van der Waals surface area contributed by atoms with Gasteiger partial charge in [0.1, 0.15) is 0 Å². The molecule has 0 fully saturated rings. The third-order valence-electron chi connectivity index (χ3n) is 2.49. The van der Waals surface area contributed by atoms with E-state index in [0.29, 0.717) is 4.90 Å². The summed E-state index contributed by atoms with van der Waals surface area (Å²) in [4.78, 5) is 0.488. The van der Waals surface area contributed by atoms with Gasteiger partial charge in [0, 0.05) is 4.90 Å². The molecule has 0 saturated heterocycles. The van der Waals surface area contributed by atoms with Crippen molar-refractivity contribution < 1.29 is 20.1 Å². The zero-order valence-corrected chi connectivity index (χ0v) is 16.1. The molecule has 0 aromatic heterocycles. The molecule has 0 heterocycles. The topological polar surface area (TPSA) is 73.6 Å². The summed E-state index contributed by atoms with van der Waals surface area (Å²) in [7, 11) is 14.8. The molecule has 0 saturated carbocycles. The van der Waals surface area contributed by atoms with Crippen LogP contribution in [0.4, 0.5) is 0 Å². The Kier molecular flexibility index (Phi) is 13.0. The average Bonchev–Trinajstić information content (AvgIpc) is 2.26. The quantitative estimate of drug-likeness (QED) is 0.588. The maximum atomic E-state index is 11.3. The van der Waals surface area contributed by atoms with E-state index in [-0.39, 0.29) is 18.0 Å². The molecule has 0 amide bonds. The van der Waals surface area contributed by atoms with E-state index in [1.54, 1.807) is 0 Å². The Morgan fingerprint density at radius 3 is 1.55 bits per heavy atom. The van der Waals surface area contributed by atoms with Crippen molar-refractivity contribution >= 4 is 41.2 Å². The smallest absolute Gasteiger partial charge is 0.693 e. The van der Waals surface area contributed by atoms with Gasteiger partial charge in [-0.25, -0.2) is 0 Å². The first kappa shape index (κ1) is 23.0. The second-order valence-corrected chi connectivity index (χ2v) is 11.7. The first-order valence-corrected chi connectivity index (χ1v) is 12.0. The van der Waals surface area contributed by atoms with E-state index < -0.39 is 22.5 Å². The van der Waals surface area contributed by atoms with Crippen molar-refractivity contribution in [3.05, 3.63) is 35.5 Å². The van der Waals surface area contributed by atoms with Crippen molar-refractivity contribution in [1.82, 2.24) is 0 Å². The second kappa shape index (κ2) is 11.3. The Labute approximate surface area is 140 Å². The van der Waals surface area contributed by atoms with Crippen LogP contribution in [0.1, 0.15) is 50.7 Å². The molecular formula is C12H19Cl3CrNO2S-2. The monoisotopic (exact) mass is 398 g/mol. The van der Waals surface area contributed by atoms with Crippen LogP contribution in [0.15, 0.2) is 23.1 Å². The molecule has 3 nitrogen and oxygen atoms in total. The largest absolute Gasteiger partial charge is 0.693 e. The summed E-state index contributed by atoms with van der Waals surface area (Å²) in [6.07, 6.45) is 0. The molecule has 0 bridgehead atoms. The van der Waals surface area contributed by atoms with Crippen molar-refractivity contribution in [3.8, 4) is 0 Å². The maximum absolute atomic E-state index is 11.3. The van der Waals surface area contributed by atoms with Gasteiger partial charge in [-0.05, 0) is 34.0 Å². The summed E-state index contributed by atoms with van der Waals surface area (Å²) in [5.41, 5.74) is 1.82. The normalized spacial score (nSPS) is 11.9. The molecule has 0 spiro atoms. The van der Waals surface area contributed by atoms with Crippen LogP contribution in [0.25, 0.3) is 6.15 Å². The summed E-state index contributed by atoms with van der Waals surface area (Å²) < 4.78 is 22.5. The van der Waals surface area contributed by atoms with Gasteiger partial charge in [-0.3, -0.25) is 4.21 Å². The van der Waals surface area contributed by atoms with Crippen LogP contribution in [0.5, 0.6) is 0 Å². The van der Waals surface area contributed by atoms with Gasteiger partial charge < -0.3 is 10.7 Å². The van der Waals surface area contributed by atoms with Crippen LogP contribution < -0.4 is 0 Å². The van der Waals surface area contributed by atoms with E-state index in [2.05, 4.69) is 0 Å². The van der Waals surface area contributed by atoms with Crippen LogP contribution in [-0.4, -0.2) is 8.76 Å². The Morgan fingerprint density at radius 1 is 1.05 bits per heavy atom. The van der Waals surface area contributed by atoms with Crippen molar-refractivity contribution in [2.24, 2.45) is 0 Å². The molecule has 0 aliphatic rings. The number of rotatable bonds is 3. The third kappa shape index (κ3) is 8.21. The molecule has 2 N–H and O–H groups in total. The van der Waals surface area contributed by atoms with Gasteiger partial charge in [0.25, 0.3) is 0 Å². The second-order valence-electron chi connectivity index (χ2n) is 4.48. The van der Waals surface area contributed by atoms with Gasteiger partial charge >= 0.3 is 41.5 Å². The number of benzene rings is 1. The van der Waals surface area contributed by atoms with Gasteiger partial charge in [0.15, 0.2) is 0 Å². The van der Waals surface area contributed by atoms with Crippen molar-refractivity contribution in [1.29, 1.82) is 0 Å².